The number of Topliss-reactive ketones (excluding diaryl/α,β-unsaturated/α-hetero) is 1. The van der Waals surface area contributed by atoms with Crippen molar-refractivity contribution in [2.24, 2.45) is 0 Å². The third kappa shape index (κ3) is 4.09. The first-order valence-corrected chi connectivity index (χ1v) is 5.58. The molecule has 0 fully saturated rings. The lowest BCUT2D eigenvalue weighted by atomic mass is 9.98. The first-order chi connectivity index (χ1) is 7.58. The minimum atomic E-state index is -1.05. The fourth-order valence-corrected chi connectivity index (χ4v) is 1.44. The number of nitrogens with one attached hydrogen (secondary N) is 1. The molecule has 0 heterocycles. The number of likely N-dealkylation sites (N-methyl/N-ethyl adjacent to an activating group) is 1. The molecule has 0 bridgehead atoms. The van der Waals surface area contributed by atoms with Gasteiger partial charge >= 0.3 is 0 Å². The van der Waals surface area contributed by atoms with Crippen molar-refractivity contribution >= 4 is 11.7 Å². The number of carbonyl (C=O) groups excluding carboxylic acids is 2. The molecule has 0 saturated heterocycles. The minimum absolute atomic E-state index is 0.197. The van der Waals surface area contributed by atoms with Crippen LogP contribution in [0.4, 0.5) is 0 Å². The molecule has 0 spiro atoms. The molecule has 0 aromatic heterocycles. The predicted molar refractivity (Wildman–Crippen MR) is 64.8 cm³/mol. The van der Waals surface area contributed by atoms with Gasteiger partial charge in [0.1, 0.15) is 17.3 Å². The summed E-state index contributed by atoms with van der Waals surface area (Å²) in [5.74, 6) is -0.468. The van der Waals surface area contributed by atoms with Gasteiger partial charge in [-0.15, -0.1) is 0 Å². The van der Waals surface area contributed by atoms with E-state index in [0.717, 1.165) is 0 Å². The summed E-state index contributed by atoms with van der Waals surface area (Å²) in [4.78, 5) is 23.5. The van der Waals surface area contributed by atoms with Gasteiger partial charge in [0.15, 0.2) is 5.78 Å². The van der Waals surface area contributed by atoms with E-state index in [2.05, 4.69) is 5.32 Å². The number of methoxy groups -OCH3 is 1. The van der Waals surface area contributed by atoms with Crippen molar-refractivity contribution in [3.63, 3.8) is 0 Å². The van der Waals surface area contributed by atoms with Gasteiger partial charge in [0, 0.05) is 14.2 Å². The molecule has 1 unspecified atom stereocenters. The molecule has 5 heteroatoms. The Bertz CT molecular complexity index is 297. The van der Waals surface area contributed by atoms with Crippen molar-refractivity contribution in [2.45, 2.75) is 51.9 Å². The second-order valence-corrected chi connectivity index (χ2v) is 4.93. The van der Waals surface area contributed by atoms with Gasteiger partial charge in [0.2, 0.25) is 0 Å². The van der Waals surface area contributed by atoms with Crippen molar-refractivity contribution in [3.8, 4) is 0 Å². The third-order valence-electron chi connectivity index (χ3n) is 2.72. The van der Waals surface area contributed by atoms with Crippen molar-refractivity contribution in [3.05, 3.63) is 0 Å². The molecule has 1 amide bonds. The molecule has 1 N–H and O–H groups in total. The third-order valence-corrected chi connectivity index (χ3v) is 2.72. The highest BCUT2D eigenvalue weighted by Crippen LogP contribution is 2.18. The standard InChI is InChI=1S/C12H23NO4/c1-8(9(14)11(2,3)16-7)17-12(4,5)10(15)13-6/h8H,1-7H3,(H,13,15). The average molecular weight is 245 g/mol. The van der Waals surface area contributed by atoms with Crippen LogP contribution in [0.15, 0.2) is 0 Å². The smallest absolute Gasteiger partial charge is 0.251 e. The second-order valence-electron chi connectivity index (χ2n) is 4.93. The summed E-state index contributed by atoms with van der Waals surface area (Å²) < 4.78 is 10.6. The van der Waals surface area contributed by atoms with Gasteiger partial charge in [-0.1, -0.05) is 0 Å². The maximum Gasteiger partial charge on any atom is 0.251 e. The van der Waals surface area contributed by atoms with Crippen LogP contribution in [0.3, 0.4) is 0 Å². The van der Waals surface area contributed by atoms with E-state index in [1.54, 1.807) is 34.6 Å². The van der Waals surface area contributed by atoms with Gasteiger partial charge in [-0.2, -0.15) is 0 Å². The Hall–Kier alpha value is -0.940. The Kier molecular flexibility index (Phi) is 5.29. The van der Waals surface area contributed by atoms with Gasteiger partial charge in [-0.3, -0.25) is 9.59 Å². The number of hydrogen-bond donors (Lipinski definition) is 1. The van der Waals surface area contributed by atoms with E-state index in [4.69, 9.17) is 9.47 Å². The van der Waals surface area contributed by atoms with E-state index < -0.39 is 17.3 Å². The number of ketones is 1. The molecule has 100 valence electrons. The van der Waals surface area contributed by atoms with Crippen molar-refractivity contribution in [1.82, 2.24) is 5.32 Å². The van der Waals surface area contributed by atoms with E-state index in [1.165, 1.54) is 14.2 Å². The monoisotopic (exact) mass is 245 g/mol. The molecule has 1 atom stereocenters. The number of rotatable bonds is 6. The van der Waals surface area contributed by atoms with Crippen LogP contribution < -0.4 is 5.32 Å². The number of ether oxygens (including phenoxy) is 2. The lowest BCUT2D eigenvalue weighted by molar-refractivity contribution is -0.164. The van der Waals surface area contributed by atoms with E-state index in [-0.39, 0.29) is 11.7 Å². The Morgan fingerprint density at radius 3 is 1.94 bits per heavy atom. The molecule has 0 aromatic carbocycles. The Labute approximate surface area is 103 Å². The summed E-state index contributed by atoms with van der Waals surface area (Å²) in [5, 5.41) is 2.50. The highest BCUT2D eigenvalue weighted by atomic mass is 16.5. The zero-order valence-corrected chi connectivity index (χ0v) is 11.7. The normalized spacial score (nSPS) is 14.3. The molecule has 17 heavy (non-hydrogen) atoms. The maximum absolute atomic E-state index is 12.0. The molecule has 0 aliphatic carbocycles. The van der Waals surface area contributed by atoms with Crippen molar-refractivity contribution in [1.29, 1.82) is 0 Å². The Morgan fingerprint density at radius 1 is 1.12 bits per heavy atom. The number of hydrogen-bond acceptors (Lipinski definition) is 4. The second kappa shape index (κ2) is 5.60. The molecule has 5 nitrogen and oxygen atoms in total. The first-order valence-electron chi connectivity index (χ1n) is 5.58. The molecule has 0 radical (unpaired) electrons. The molecular formula is C12H23NO4. The maximum atomic E-state index is 12.0. The molecule has 0 saturated carbocycles. The van der Waals surface area contributed by atoms with Gasteiger partial charge < -0.3 is 14.8 Å². The quantitative estimate of drug-likeness (QED) is 0.755. The zero-order valence-electron chi connectivity index (χ0n) is 11.7. The number of carbonyl (C=O) groups is 2. The highest BCUT2D eigenvalue weighted by Gasteiger charge is 2.37. The Morgan fingerprint density at radius 2 is 1.59 bits per heavy atom. The fourth-order valence-electron chi connectivity index (χ4n) is 1.44. The van der Waals surface area contributed by atoms with E-state index in [0.29, 0.717) is 0 Å². The van der Waals surface area contributed by atoms with E-state index in [9.17, 15) is 9.59 Å². The van der Waals surface area contributed by atoms with Crippen LogP contribution in [0, 0.1) is 0 Å². The van der Waals surface area contributed by atoms with Crippen LogP contribution in [0.1, 0.15) is 34.6 Å². The van der Waals surface area contributed by atoms with Crippen LogP contribution in [0.2, 0.25) is 0 Å². The molecular weight excluding hydrogens is 222 g/mol. The summed E-state index contributed by atoms with van der Waals surface area (Å²) in [5.41, 5.74) is -1.97. The molecule has 0 aromatic rings. The van der Waals surface area contributed by atoms with Crippen LogP contribution in [0.5, 0.6) is 0 Å². The summed E-state index contributed by atoms with van der Waals surface area (Å²) in [7, 11) is 2.99. The highest BCUT2D eigenvalue weighted by molar-refractivity contribution is 5.91. The summed E-state index contributed by atoms with van der Waals surface area (Å²) in [6.45, 7) is 8.20. The first kappa shape index (κ1) is 16.1. The van der Waals surface area contributed by atoms with Gasteiger partial charge in [0.25, 0.3) is 5.91 Å². The SMILES string of the molecule is CNC(=O)C(C)(C)OC(C)C(=O)C(C)(C)OC. The molecule has 0 aliphatic rings. The summed E-state index contributed by atoms with van der Waals surface area (Å²) in [6, 6.07) is 0. The molecule has 0 aliphatic heterocycles. The fraction of sp³-hybridized carbons (Fsp3) is 0.833. The van der Waals surface area contributed by atoms with Crippen LogP contribution >= 0.6 is 0 Å². The predicted octanol–water partition coefficient (Wildman–Crippen LogP) is 0.910. The van der Waals surface area contributed by atoms with Crippen LogP contribution in [-0.2, 0) is 19.1 Å². The Balaban J connectivity index is 4.71. The van der Waals surface area contributed by atoms with Crippen LogP contribution in [-0.4, -0.2) is 43.2 Å². The summed E-state index contributed by atoms with van der Waals surface area (Å²) in [6.07, 6.45) is -0.711. The number of amides is 1. The van der Waals surface area contributed by atoms with Crippen LogP contribution in [0.25, 0.3) is 0 Å². The van der Waals surface area contributed by atoms with Gasteiger partial charge in [-0.05, 0) is 34.6 Å². The van der Waals surface area contributed by atoms with Crippen molar-refractivity contribution < 1.29 is 19.1 Å². The minimum Gasteiger partial charge on any atom is -0.371 e. The average Bonchev–Trinajstić information content (AvgIpc) is 2.25. The molecule has 0 rings (SSSR count). The lowest BCUT2D eigenvalue weighted by Gasteiger charge is -2.30. The van der Waals surface area contributed by atoms with Crippen molar-refractivity contribution in [2.75, 3.05) is 14.2 Å². The van der Waals surface area contributed by atoms with Gasteiger partial charge in [0.05, 0.1) is 0 Å². The summed E-state index contributed by atoms with van der Waals surface area (Å²) >= 11 is 0. The largest absolute Gasteiger partial charge is 0.371 e. The van der Waals surface area contributed by atoms with E-state index in [1.807, 2.05) is 0 Å². The van der Waals surface area contributed by atoms with E-state index >= 15 is 0 Å². The topological polar surface area (TPSA) is 64.6 Å². The van der Waals surface area contributed by atoms with Gasteiger partial charge in [-0.25, -0.2) is 0 Å². The lowest BCUT2D eigenvalue weighted by Crippen LogP contribution is -2.49. The zero-order chi connectivity index (χ0) is 13.9.